The molecule has 1 aromatic heterocycles. The van der Waals surface area contributed by atoms with Gasteiger partial charge in [0.1, 0.15) is 22.1 Å². The number of ether oxygens (including phenoxy) is 3. The predicted octanol–water partition coefficient (Wildman–Crippen LogP) is 5.31. The van der Waals surface area contributed by atoms with Gasteiger partial charge in [-0.25, -0.2) is 10.2 Å². The first-order valence-corrected chi connectivity index (χ1v) is 11.3. The zero-order chi connectivity index (χ0) is 23.9. The average Bonchev–Trinajstić information content (AvgIpc) is 3.21. The summed E-state index contributed by atoms with van der Waals surface area (Å²) in [6.45, 7) is -0.182. The van der Waals surface area contributed by atoms with Crippen molar-refractivity contribution in [1.29, 1.82) is 0 Å². The van der Waals surface area contributed by atoms with Crippen LogP contribution in [0.2, 0.25) is 5.02 Å². The highest BCUT2D eigenvalue weighted by atomic mass is 35.5. The van der Waals surface area contributed by atoms with Crippen LogP contribution in [-0.4, -0.2) is 31.8 Å². The van der Waals surface area contributed by atoms with Gasteiger partial charge in [0.15, 0.2) is 6.61 Å². The standard InChI is InChI=1S/C25H19ClN2O5S/c1-31-17-10-12-18(13-11-17)32-15-22(29)28-27-14-16-6-8-19(9-7-16)33-25(30)24-23(26)20-4-2-3-5-21(20)34-24/h2-14H,15H2,1H3,(H,28,29). The van der Waals surface area contributed by atoms with E-state index >= 15 is 0 Å². The molecule has 1 amide bonds. The largest absolute Gasteiger partial charge is 0.497 e. The van der Waals surface area contributed by atoms with Gasteiger partial charge in [-0.05, 0) is 60.2 Å². The Morgan fingerprint density at radius 2 is 1.65 bits per heavy atom. The van der Waals surface area contributed by atoms with Crippen molar-refractivity contribution in [1.82, 2.24) is 5.43 Å². The number of halogens is 1. The number of methoxy groups -OCH3 is 1. The summed E-state index contributed by atoms with van der Waals surface area (Å²) in [5.41, 5.74) is 3.10. The fourth-order valence-electron chi connectivity index (χ4n) is 2.95. The van der Waals surface area contributed by atoms with Gasteiger partial charge in [-0.2, -0.15) is 5.10 Å². The van der Waals surface area contributed by atoms with Crippen LogP contribution in [0, 0.1) is 0 Å². The number of carbonyl (C=O) groups is 2. The molecule has 0 saturated carbocycles. The summed E-state index contributed by atoms with van der Waals surface area (Å²) < 4.78 is 16.8. The van der Waals surface area contributed by atoms with Gasteiger partial charge >= 0.3 is 5.97 Å². The van der Waals surface area contributed by atoms with E-state index in [1.807, 2.05) is 24.3 Å². The van der Waals surface area contributed by atoms with Crippen LogP contribution in [0.1, 0.15) is 15.2 Å². The Labute approximate surface area is 204 Å². The normalized spacial score (nSPS) is 10.9. The van der Waals surface area contributed by atoms with Crippen molar-refractivity contribution in [2.24, 2.45) is 5.10 Å². The third kappa shape index (κ3) is 5.72. The van der Waals surface area contributed by atoms with E-state index in [0.717, 1.165) is 10.1 Å². The highest BCUT2D eigenvalue weighted by molar-refractivity contribution is 7.21. The van der Waals surface area contributed by atoms with Crippen LogP contribution in [0.4, 0.5) is 0 Å². The van der Waals surface area contributed by atoms with E-state index in [2.05, 4.69) is 10.5 Å². The summed E-state index contributed by atoms with van der Waals surface area (Å²) in [5, 5.41) is 5.12. The molecule has 0 unspecified atom stereocenters. The monoisotopic (exact) mass is 494 g/mol. The molecule has 0 radical (unpaired) electrons. The van der Waals surface area contributed by atoms with Crippen molar-refractivity contribution in [2.75, 3.05) is 13.7 Å². The summed E-state index contributed by atoms with van der Waals surface area (Å²) in [6, 6.07) is 21.1. The molecule has 0 aliphatic rings. The minimum atomic E-state index is -0.517. The number of hydrogen-bond acceptors (Lipinski definition) is 7. The molecule has 0 spiro atoms. The van der Waals surface area contributed by atoms with Crippen LogP contribution in [0.15, 0.2) is 77.9 Å². The maximum Gasteiger partial charge on any atom is 0.355 e. The van der Waals surface area contributed by atoms with Crippen LogP contribution in [0.3, 0.4) is 0 Å². The number of hydrazone groups is 1. The Morgan fingerprint density at radius 1 is 0.971 bits per heavy atom. The highest BCUT2D eigenvalue weighted by Crippen LogP contribution is 2.35. The van der Waals surface area contributed by atoms with Crippen LogP contribution in [-0.2, 0) is 4.79 Å². The van der Waals surface area contributed by atoms with Gasteiger partial charge in [-0.1, -0.05) is 29.8 Å². The number of rotatable bonds is 8. The number of carbonyl (C=O) groups excluding carboxylic acids is 2. The molecule has 0 saturated heterocycles. The van der Waals surface area contributed by atoms with Crippen LogP contribution < -0.4 is 19.6 Å². The van der Waals surface area contributed by atoms with Gasteiger partial charge in [-0.15, -0.1) is 11.3 Å². The Balaban J connectivity index is 1.27. The van der Waals surface area contributed by atoms with Crippen molar-refractivity contribution in [2.45, 2.75) is 0 Å². The number of thiophene rings is 1. The van der Waals surface area contributed by atoms with E-state index in [9.17, 15) is 9.59 Å². The predicted molar refractivity (Wildman–Crippen MR) is 132 cm³/mol. The zero-order valence-corrected chi connectivity index (χ0v) is 19.6. The minimum Gasteiger partial charge on any atom is -0.497 e. The second-order valence-electron chi connectivity index (χ2n) is 6.96. The third-order valence-electron chi connectivity index (χ3n) is 4.64. The van der Waals surface area contributed by atoms with Gasteiger partial charge in [0, 0.05) is 10.1 Å². The second-order valence-corrected chi connectivity index (χ2v) is 8.39. The molecule has 4 rings (SSSR count). The molecule has 1 N–H and O–H groups in total. The Morgan fingerprint density at radius 3 is 2.35 bits per heavy atom. The van der Waals surface area contributed by atoms with Gasteiger partial charge in [0.25, 0.3) is 5.91 Å². The molecule has 7 nitrogen and oxygen atoms in total. The lowest BCUT2D eigenvalue weighted by atomic mass is 10.2. The highest BCUT2D eigenvalue weighted by Gasteiger charge is 2.18. The molecular formula is C25H19ClN2O5S. The minimum absolute atomic E-state index is 0.182. The van der Waals surface area contributed by atoms with Crippen molar-refractivity contribution in [3.05, 3.63) is 88.3 Å². The summed E-state index contributed by atoms with van der Waals surface area (Å²) in [6.07, 6.45) is 1.47. The van der Waals surface area contributed by atoms with Gasteiger partial charge in [0.05, 0.1) is 18.3 Å². The zero-order valence-electron chi connectivity index (χ0n) is 18.0. The quantitative estimate of drug-likeness (QED) is 0.155. The Kier molecular flexibility index (Phi) is 7.41. The van der Waals surface area contributed by atoms with E-state index in [1.54, 1.807) is 55.6 Å². The molecule has 4 aromatic rings. The molecule has 0 aliphatic carbocycles. The molecule has 0 bridgehead atoms. The van der Waals surface area contributed by atoms with Crippen LogP contribution in [0.25, 0.3) is 10.1 Å². The molecule has 3 aromatic carbocycles. The summed E-state index contributed by atoms with van der Waals surface area (Å²) in [4.78, 5) is 24.8. The second kappa shape index (κ2) is 10.8. The topological polar surface area (TPSA) is 86.2 Å². The van der Waals surface area contributed by atoms with E-state index in [-0.39, 0.29) is 6.61 Å². The number of nitrogens with zero attached hydrogens (tertiary/aromatic N) is 1. The van der Waals surface area contributed by atoms with E-state index in [1.165, 1.54) is 17.6 Å². The molecule has 0 fully saturated rings. The first-order valence-electron chi connectivity index (χ1n) is 10.1. The molecule has 0 atom stereocenters. The van der Waals surface area contributed by atoms with Gasteiger partial charge in [0.2, 0.25) is 0 Å². The number of hydrogen-bond donors (Lipinski definition) is 1. The SMILES string of the molecule is COc1ccc(OCC(=O)NN=Cc2ccc(OC(=O)c3sc4ccccc4c3Cl)cc2)cc1. The van der Waals surface area contributed by atoms with Crippen molar-refractivity contribution >= 4 is 51.1 Å². The number of nitrogens with one attached hydrogen (secondary N) is 1. The third-order valence-corrected chi connectivity index (χ3v) is 6.30. The number of amides is 1. The number of benzene rings is 3. The fraction of sp³-hybridized carbons (Fsp3) is 0.0800. The smallest absolute Gasteiger partial charge is 0.355 e. The molecule has 9 heteroatoms. The lowest BCUT2D eigenvalue weighted by Gasteiger charge is -2.06. The summed E-state index contributed by atoms with van der Waals surface area (Å²) in [5.74, 6) is 0.690. The van der Waals surface area contributed by atoms with E-state index in [4.69, 9.17) is 25.8 Å². The van der Waals surface area contributed by atoms with Crippen molar-refractivity contribution in [3.63, 3.8) is 0 Å². The summed E-state index contributed by atoms with van der Waals surface area (Å²) in [7, 11) is 1.57. The van der Waals surface area contributed by atoms with Crippen LogP contribution in [0.5, 0.6) is 17.2 Å². The molecule has 34 heavy (non-hydrogen) atoms. The first kappa shape index (κ1) is 23.3. The van der Waals surface area contributed by atoms with Gasteiger partial charge in [-0.3, -0.25) is 4.79 Å². The lowest BCUT2D eigenvalue weighted by molar-refractivity contribution is -0.123. The molecule has 0 aliphatic heterocycles. The molecule has 1 heterocycles. The Hall–Kier alpha value is -3.88. The molecular weight excluding hydrogens is 476 g/mol. The molecule has 172 valence electrons. The van der Waals surface area contributed by atoms with Crippen molar-refractivity contribution < 1.29 is 23.8 Å². The summed E-state index contributed by atoms with van der Waals surface area (Å²) >= 11 is 7.63. The maximum absolute atomic E-state index is 12.5. The lowest BCUT2D eigenvalue weighted by Crippen LogP contribution is -2.24. The number of esters is 1. The Bertz CT molecular complexity index is 1330. The number of fused-ring (bicyclic) bond motifs is 1. The van der Waals surface area contributed by atoms with Crippen LogP contribution >= 0.6 is 22.9 Å². The van der Waals surface area contributed by atoms with E-state index < -0.39 is 11.9 Å². The van der Waals surface area contributed by atoms with Crippen molar-refractivity contribution in [3.8, 4) is 17.2 Å². The first-order chi connectivity index (χ1) is 16.5. The van der Waals surface area contributed by atoms with Gasteiger partial charge < -0.3 is 14.2 Å². The maximum atomic E-state index is 12.5. The van der Waals surface area contributed by atoms with E-state index in [0.29, 0.717) is 32.7 Å². The average molecular weight is 495 g/mol. The fourth-order valence-corrected chi connectivity index (χ4v) is 4.34.